The molecule has 0 spiro atoms. The topological polar surface area (TPSA) is 43.2 Å². The van der Waals surface area contributed by atoms with Crippen LogP contribution in [0.1, 0.15) is 23.6 Å². The number of hydrogen-bond acceptors (Lipinski definition) is 3. The van der Waals surface area contributed by atoms with Crippen LogP contribution in [0.15, 0.2) is 36.4 Å². The predicted octanol–water partition coefficient (Wildman–Crippen LogP) is 2.00. The Hall–Kier alpha value is -2.53. The average molecular weight is 369 g/mol. The van der Waals surface area contributed by atoms with Gasteiger partial charge in [-0.15, -0.1) is 0 Å². The van der Waals surface area contributed by atoms with E-state index in [1.807, 2.05) is 42.2 Å². The Bertz CT molecular complexity index is 834. The fourth-order valence-corrected chi connectivity index (χ4v) is 3.68. The number of benzene rings is 2. The third-order valence-electron chi connectivity index (χ3n) is 5.57. The quantitative estimate of drug-likeness (QED) is 0.847. The number of ether oxygens (including phenoxy) is 2. The summed E-state index contributed by atoms with van der Waals surface area (Å²) in [7, 11) is 5.36. The molecule has 27 heavy (non-hydrogen) atoms. The molecule has 0 saturated carbocycles. The molecule has 5 heteroatoms. The fourth-order valence-electron chi connectivity index (χ4n) is 3.68. The maximum Gasteiger partial charge on any atom is 0.284 e. The number of nitrogens with one attached hydrogen (secondary N) is 1. The maximum atomic E-state index is 13.1. The number of hydrogen-bond donors (Lipinski definition) is 1. The van der Waals surface area contributed by atoms with E-state index in [1.165, 1.54) is 5.56 Å². The summed E-state index contributed by atoms with van der Waals surface area (Å²) < 4.78 is 10.8. The number of anilines is 1. The van der Waals surface area contributed by atoms with Gasteiger partial charge in [0.15, 0.2) is 17.5 Å². The van der Waals surface area contributed by atoms with Crippen LogP contribution < -0.4 is 19.3 Å². The molecule has 1 aliphatic rings. The summed E-state index contributed by atoms with van der Waals surface area (Å²) in [5.41, 5.74) is 4.61. The Morgan fingerprint density at radius 1 is 1.19 bits per heavy atom. The molecular formula is C22H29N2O3+. The second-order valence-corrected chi connectivity index (χ2v) is 7.25. The zero-order valence-electron chi connectivity index (χ0n) is 16.8. The van der Waals surface area contributed by atoms with Crippen LogP contribution >= 0.6 is 0 Å². The molecule has 0 aromatic heterocycles. The van der Waals surface area contributed by atoms with E-state index in [1.54, 1.807) is 14.2 Å². The minimum Gasteiger partial charge on any atom is -0.493 e. The second-order valence-electron chi connectivity index (χ2n) is 7.25. The molecule has 0 radical (unpaired) electrons. The molecule has 5 nitrogen and oxygen atoms in total. The minimum absolute atomic E-state index is 0.136. The van der Waals surface area contributed by atoms with E-state index in [0.717, 1.165) is 52.7 Å². The molecule has 0 fully saturated rings. The van der Waals surface area contributed by atoms with Gasteiger partial charge in [-0.2, -0.15) is 0 Å². The largest absolute Gasteiger partial charge is 0.493 e. The lowest BCUT2D eigenvalue weighted by Gasteiger charge is -2.26. The number of likely N-dealkylation sites (N-methyl/N-ethyl adjacent to an activating group) is 1. The van der Waals surface area contributed by atoms with Gasteiger partial charge in [0.25, 0.3) is 5.91 Å². The zero-order valence-corrected chi connectivity index (χ0v) is 16.8. The van der Waals surface area contributed by atoms with Crippen molar-refractivity contribution in [2.24, 2.45) is 0 Å². The van der Waals surface area contributed by atoms with Crippen molar-refractivity contribution in [2.75, 3.05) is 32.7 Å². The van der Waals surface area contributed by atoms with Gasteiger partial charge < -0.3 is 19.3 Å². The first-order valence-corrected chi connectivity index (χ1v) is 9.39. The first-order valence-electron chi connectivity index (χ1n) is 9.39. The Balaban J connectivity index is 1.75. The van der Waals surface area contributed by atoms with Crippen LogP contribution in [0.3, 0.4) is 0 Å². The van der Waals surface area contributed by atoms with Gasteiger partial charge in [-0.3, -0.25) is 4.79 Å². The lowest BCUT2D eigenvalue weighted by atomic mass is 10.1. The van der Waals surface area contributed by atoms with Crippen LogP contribution in [0.5, 0.6) is 11.5 Å². The molecule has 2 atom stereocenters. The van der Waals surface area contributed by atoms with Gasteiger partial charge in [0.1, 0.15) is 6.54 Å². The van der Waals surface area contributed by atoms with Crippen molar-refractivity contribution < 1.29 is 19.2 Å². The summed E-state index contributed by atoms with van der Waals surface area (Å²) >= 11 is 0. The summed E-state index contributed by atoms with van der Waals surface area (Å²) in [4.78, 5) is 16.2. The number of methoxy groups -OCH3 is 2. The molecule has 0 aliphatic carbocycles. The molecule has 1 N–H and O–H groups in total. The van der Waals surface area contributed by atoms with Crippen molar-refractivity contribution in [3.63, 3.8) is 0 Å². The number of fused-ring (bicyclic) bond motifs is 1. The molecule has 1 aliphatic heterocycles. The van der Waals surface area contributed by atoms with Gasteiger partial charge in [-0.05, 0) is 49.6 Å². The molecule has 2 aromatic rings. The number of carbonyl (C=O) groups is 1. The normalized spacial score (nSPS) is 15.2. The average Bonchev–Trinajstić information content (AvgIpc) is 3.12. The summed E-state index contributed by atoms with van der Waals surface area (Å²) in [5, 5.41) is 0. The van der Waals surface area contributed by atoms with E-state index < -0.39 is 0 Å². The van der Waals surface area contributed by atoms with E-state index in [9.17, 15) is 4.79 Å². The number of rotatable bonds is 6. The SMILES string of the molecule is COc1cc(C)c(C[NH+](C)[C@@H](C)C(=O)N2CCc3ccccc32)cc1OC. The molecule has 1 amide bonds. The third-order valence-corrected chi connectivity index (χ3v) is 5.57. The van der Waals surface area contributed by atoms with E-state index in [2.05, 4.69) is 20.0 Å². The lowest BCUT2D eigenvalue weighted by molar-refractivity contribution is -0.908. The molecule has 3 rings (SSSR count). The first kappa shape index (κ1) is 19.2. The van der Waals surface area contributed by atoms with Crippen molar-refractivity contribution in [1.29, 1.82) is 0 Å². The highest BCUT2D eigenvalue weighted by atomic mass is 16.5. The van der Waals surface area contributed by atoms with Gasteiger partial charge >= 0.3 is 0 Å². The molecular weight excluding hydrogens is 340 g/mol. The second kappa shape index (κ2) is 8.01. The highest BCUT2D eigenvalue weighted by Gasteiger charge is 2.32. The summed E-state index contributed by atoms with van der Waals surface area (Å²) in [6.45, 7) is 5.59. The smallest absolute Gasteiger partial charge is 0.284 e. The van der Waals surface area contributed by atoms with Crippen molar-refractivity contribution in [3.05, 3.63) is 53.1 Å². The predicted molar refractivity (Wildman–Crippen MR) is 107 cm³/mol. The van der Waals surface area contributed by atoms with Crippen LogP contribution in [0.4, 0.5) is 5.69 Å². The monoisotopic (exact) mass is 369 g/mol. The Morgan fingerprint density at radius 2 is 1.85 bits per heavy atom. The summed E-state index contributed by atoms with van der Waals surface area (Å²) in [6.07, 6.45) is 0.933. The van der Waals surface area contributed by atoms with Crippen LogP contribution in [0.2, 0.25) is 0 Å². The first-order chi connectivity index (χ1) is 13.0. The molecule has 1 unspecified atom stereocenters. The van der Waals surface area contributed by atoms with Gasteiger partial charge in [0.05, 0.1) is 21.3 Å². The van der Waals surface area contributed by atoms with Crippen LogP contribution in [-0.4, -0.2) is 39.8 Å². The highest BCUT2D eigenvalue weighted by Crippen LogP contribution is 2.30. The summed E-state index contributed by atoms with van der Waals surface area (Å²) in [6, 6.07) is 12.1. The Morgan fingerprint density at radius 3 is 2.56 bits per heavy atom. The van der Waals surface area contributed by atoms with E-state index >= 15 is 0 Å². The van der Waals surface area contributed by atoms with Crippen LogP contribution in [0.25, 0.3) is 0 Å². The number of aryl methyl sites for hydroxylation is 1. The lowest BCUT2D eigenvalue weighted by Crippen LogP contribution is -3.12. The van der Waals surface area contributed by atoms with E-state index in [0.29, 0.717) is 0 Å². The van der Waals surface area contributed by atoms with Crippen LogP contribution in [0, 0.1) is 6.92 Å². The van der Waals surface area contributed by atoms with Crippen molar-refractivity contribution >= 4 is 11.6 Å². The Kier molecular flexibility index (Phi) is 5.71. The zero-order chi connectivity index (χ0) is 19.6. The van der Waals surface area contributed by atoms with Gasteiger partial charge in [-0.1, -0.05) is 18.2 Å². The number of quaternary nitrogens is 1. The maximum absolute atomic E-state index is 13.1. The van der Waals surface area contributed by atoms with Crippen LogP contribution in [-0.2, 0) is 17.8 Å². The van der Waals surface area contributed by atoms with Gasteiger partial charge in [-0.25, -0.2) is 0 Å². The van der Waals surface area contributed by atoms with Gasteiger partial charge in [0.2, 0.25) is 0 Å². The number of nitrogens with zero attached hydrogens (tertiary/aromatic N) is 1. The van der Waals surface area contributed by atoms with E-state index in [4.69, 9.17) is 9.47 Å². The minimum atomic E-state index is -0.136. The third kappa shape index (κ3) is 3.78. The molecule has 144 valence electrons. The fraction of sp³-hybridized carbons (Fsp3) is 0.409. The number of para-hydroxylation sites is 1. The number of carbonyl (C=O) groups excluding carboxylic acids is 1. The van der Waals surface area contributed by atoms with Gasteiger partial charge in [0, 0.05) is 17.8 Å². The molecule has 2 aromatic carbocycles. The number of amides is 1. The van der Waals surface area contributed by atoms with Crippen molar-refractivity contribution in [2.45, 2.75) is 32.9 Å². The van der Waals surface area contributed by atoms with E-state index in [-0.39, 0.29) is 11.9 Å². The van der Waals surface area contributed by atoms with Crippen molar-refractivity contribution in [3.8, 4) is 11.5 Å². The Labute approximate surface area is 161 Å². The molecule has 1 heterocycles. The summed E-state index contributed by atoms with van der Waals surface area (Å²) in [5.74, 6) is 1.63. The molecule has 0 bridgehead atoms. The van der Waals surface area contributed by atoms with Crippen molar-refractivity contribution in [1.82, 2.24) is 0 Å². The molecule has 0 saturated heterocycles. The standard InChI is InChI=1S/C22H28N2O3/c1-15-12-20(26-4)21(27-5)13-18(15)14-23(3)16(2)22(25)24-11-10-17-8-6-7-9-19(17)24/h6-9,12-13,16H,10-11,14H2,1-5H3/p+1/t16-/m0/s1. The highest BCUT2D eigenvalue weighted by molar-refractivity contribution is 5.97.